The first kappa shape index (κ1) is 15.7. The Labute approximate surface area is 112 Å². The van der Waals surface area contributed by atoms with Crippen LogP contribution in [0.15, 0.2) is 12.7 Å². The highest BCUT2D eigenvalue weighted by Crippen LogP contribution is 2.30. The topological polar surface area (TPSA) is 32.8 Å². The summed E-state index contributed by atoms with van der Waals surface area (Å²) in [5.74, 6) is 0. The van der Waals surface area contributed by atoms with Gasteiger partial charge < -0.3 is 9.84 Å². The SMILES string of the molecule is C=CCC1OC1CCC(O)CCCCCCCC. The molecule has 0 saturated carbocycles. The molecule has 1 rings (SSSR count). The van der Waals surface area contributed by atoms with Gasteiger partial charge in [0.25, 0.3) is 0 Å². The van der Waals surface area contributed by atoms with Gasteiger partial charge in [0, 0.05) is 0 Å². The van der Waals surface area contributed by atoms with Gasteiger partial charge >= 0.3 is 0 Å². The molecule has 0 bridgehead atoms. The maximum Gasteiger partial charge on any atom is 0.0876 e. The van der Waals surface area contributed by atoms with Crippen LogP contribution in [-0.2, 0) is 4.74 Å². The summed E-state index contributed by atoms with van der Waals surface area (Å²) >= 11 is 0. The molecule has 106 valence electrons. The predicted octanol–water partition coefficient (Wildman–Crippen LogP) is 4.22. The first-order valence-electron chi connectivity index (χ1n) is 7.72. The van der Waals surface area contributed by atoms with Crippen molar-refractivity contribution in [2.75, 3.05) is 0 Å². The summed E-state index contributed by atoms with van der Waals surface area (Å²) in [5.41, 5.74) is 0. The van der Waals surface area contributed by atoms with Gasteiger partial charge in [0.1, 0.15) is 0 Å². The lowest BCUT2D eigenvalue weighted by Gasteiger charge is -2.09. The van der Waals surface area contributed by atoms with Crippen molar-refractivity contribution in [2.45, 2.75) is 89.4 Å². The normalized spacial score (nSPS) is 23.9. The van der Waals surface area contributed by atoms with Gasteiger partial charge in [-0.05, 0) is 25.7 Å². The van der Waals surface area contributed by atoms with Crippen molar-refractivity contribution in [1.29, 1.82) is 0 Å². The minimum absolute atomic E-state index is 0.121. The number of aliphatic hydroxyl groups excluding tert-OH is 1. The van der Waals surface area contributed by atoms with Crippen LogP contribution in [-0.4, -0.2) is 23.4 Å². The van der Waals surface area contributed by atoms with E-state index in [1.807, 2.05) is 6.08 Å². The van der Waals surface area contributed by atoms with Crippen molar-refractivity contribution in [3.63, 3.8) is 0 Å². The molecule has 3 unspecified atom stereocenters. The molecule has 1 aliphatic heterocycles. The van der Waals surface area contributed by atoms with E-state index < -0.39 is 0 Å². The fourth-order valence-electron chi connectivity index (χ4n) is 2.47. The second kappa shape index (κ2) is 9.57. The second-order valence-electron chi connectivity index (χ2n) is 5.52. The standard InChI is InChI=1S/C16H30O2/c1-3-5-6-7-8-9-11-14(17)12-13-16-15(18-16)10-4-2/h4,14-17H,2-3,5-13H2,1H3. The van der Waals surface area contributed by atoms with Gasteiger partial charge in [0.05, 0.1) is 18.3 Å². The third-order valence-electron chi connectivity index (χ3n) is 3.76. The summed E-state index contributed by atoms with van der Waals surface area (Å²) in [7, 11) is 0. The Morgan fingerprint density at radius 3 is 2.56 bits per heavy atom. The van der Waals surface area contributed by atoms with Crippen molar-refractivity contribution < 1.29 is 9.84 Å². The quantitative estimate of drug-likeness (QED) is 0.321. The lowest BCUT2D eigenvalue weighted by Crippen LogP contribution is -2.08. The molecule has 2 heteroatoms. The Balaban J connectivity index is 1.85. The van der Waals surface area contributed by atoms with Crippen LogP contribution in [0.1, 0.15) is 71.1 Å². The lowest BCUT2D eigenvalue weighted by atomic mass is 10.0. The maximum atomic E-state index is 9.87. The van der Waals surface area contributed by atoms with E-state index in [1.54, 1.807) is 0 Å². The van der Waals surface area contributed by atoms with Crippen molar-refractivity contribution in [2.24, 2.45) is 0 Å². The molecule has 0 aromatic heterocycles. The molecule has 2 nitrogen and oxygen atoms in total. The van der Waals surface area contributed by atoms with Gasteiger partial charge in [-0.15, -0.1) is 6.58 Å². The van der Waals surface area contributed by atoms with Crippen LogP contribution in [0.25, 0.3) is 0 Å². The van der Waals surface area contributed by atoms with E-state index in [2.05, 4.69) is 13.5 Å². The molecule has 0 radical (unpaired) electrons. The Kier molecular flexibility index (Phi) is 8.36. The number of ether oxygens (including phenoxy) is 1. The Morgan fingerprint density at radius 1 is 1.11 bits per heavy atom. The number of rotatable bonds is 12. The van der Waals surface area contributed by atoms with E-state index in [4.69, 9.17) is 4.74 Å². The number of epoxide rings is 1. The largest absolute Gasteiger partial charge is 0.393 e. The van der Waals surface area contributed by atoms with Crippen LogP contribution in [0.5, 0.6) is 0 Å². The molecule has 0 aromatic rings. The first-order chi connectivity index (χ1) is 8.77. The fourth-order valence-corrected chi connectivity index (χ4v) is 2.47. The van der Waals surface area contributed by atoms with E-state index in [0.717, 1.165) is 25.7 Å². The zero-order valence-corrected chi connectivity index (χ0v) is 11.9. The van der Waals surface area contributed by atoms with Gasteiger partial charge in [-0.2, -0.15) is 0 Å². The summed E-state index contributed by atoms with van der Waals surface area (Å²) < 4.78 is 5.50. The smallest absolute Gasteiger partial charge is 0.0876 e. The summed E-state index contributed by atoms with van der Waals surface area (Å²) in [6.45, 7) is 5.95. The third-order valence-corrected chi connectivity index (χ3v) is 3.76. The third kappa shape index (κ3) is 7.17. The highest BCUT2D eigenvalue weighted by molar-refractivity contribution is 4.90. The fraction of sp³-hybridized carbons (Fsp3) is 0.875. The predicted molar refractivity (Wildman–Crippen MR) is 76.7 cm³/mol. The van der Waals surface area contributed by atoms with Crippen molar-refractivity contribution in [3.8, 4) is 0 Å². The Hall–Kier alpha value is -0.340. The summed E-state index contributed by atoms with van der Waals surface area (Å²) in [4.78, 5) is 0. The highest BCUT2D eigenvalue weighted by atomic mass is 16.6. The van der Waals surface area contributed by atoms with E-state index in [-0.39, 0.29) is 6.10 Å². The molecule has 1 heterocycles. The van der Waals surface area contributed by atoms with Gasteiger partial charge in [-0.25, -0.2) is 0 Å². The Morgan fingerprint density at radius 2 is 1.83 bits per heavy atom. The molecule has 3 atom stereocenters. The molecule has 1 fully saturated rings. The summed E-state index contributed by atoms with van der Waals surface area (Å²) in [6, 6.07) is 0. The van der Waals surface area contributed by atoms with Crippen molar-refractivity contribution >= 4 is 0 Å². The molecule has 1 N–H and O–H groups in total. The van der Waals surface area contributed by atoms with Crippen molar-refractivity contribution in [3.05, 3.63) is 12.7 Å². The molecule has 1 saturated heterocycles. The molecule has 18 heavy (non-hydrogen) atoms. The molecule has 0 amide bonds. The molecule has 0 aliphatic carbocycles. The molecular weight excluding hydrogens is 224 g/mol. The number of unbranched alkanes of at least 4 members (excludes halogenated alkanes) is 5. The lowest BCUT2D eigenvalue weighted by molar-refractivity contribution is 0.144. The molecule has 0 aromatic carbocycles. The highest BCUT2D eigenvalue weighted by Gasteiger charge is 2.36. The minimum atomic E-state index is -0.121. The average molecular weight is 254 g/mol. The summed E-state index contributed by atoms with van der Waals surface area (Å²) in [6.07, 6.45) is 14.2. The van der Waals surface area contributed by atoms with E-state index in [1.165, 1.54) is 38.5 Å². The minimum Gasteiger partial charge on any atom is -0.393 e. The van der Waals surface area contributed by atoms with Gasteiger partial charge in [-0.1, -0.05) is 51.5 Å². The molecule has 1 aliphatic rings. The van der Waals surface area contributed by atoms with Crippen LogP contribution in [0, 0.1) is 0 Å². The monoisotopic (exact) mass is 254 g/mol. The first-order valence-corrected chi connectivity index (χ1v) is 7.72. The number of hydrogen-bond donors (Lipinski definition) is 1. The van der Waals surface area contributed by atoms with Crippen molar-refractivity contribution in [1.82, 2.24) is 0 Å². The van der Waals surface area contributed by atoms with E-state index >= 15 is 0 Å². The van der Waals surface area contributed by atoms with Gasteiger partial charge in [0.2, 0.25) is 0 Å². The van der Waals surface area contributed by atoms with Crippen LogP contribution >= 0.6 is 0 Å². The molecule has 0 spiro atoms. The zero-order valence-electron chi connectivity index (χ0n) is 11.9. The zero-order chi connectivity index (χ0) is 13.2. The average Bonchev–Trinajstić information content (AvgIpc) is 3.10. The van der Waals surface area contributed by atoms with Gasteiger partial charge in [-0.3, -0.25) is 0 Å². The number of hydrogen-bond acceptors (Lipinski definition) is 2. The van der Waals surface area contributed by atoms with Crippen LogP contribution in [0.4, 0.5) is 0 Å². The summed E-state index contributed by atoms with van der Waals surface area (Å²) in [5, 5.41) is 9.87. The van der Waals surface area contributed by atoms with Crippen LogP contribution < -0.4 is 0 Å². The number of aliphatic hydroxyl groups is 1. The molecular formula is C16H30O2. The van der Waals surface area contributed by atoms with Crippen LogP contribution in [0.2, 0.25) is 0 Å². The van der Waals surface area contributed by atoms with E-state index in [9.17, 15) is 5.11 Å². The van der Waals surface area contributed by atoms with E-state index in [0.29, 0.717) is 12.2 Å². The second-order valence-corrected chi connectivity index (χ2v) is 5.52. The van der Waals surface area contributed by atoms with Gasteiger partial charge in [0.15, 0.2) is 0 Å². The van der Waals surface area contributed by atoms with Crippen LogP contribution in [0.3, 0.4) is 0 Å². The maximum absolute atomic E-state index is 9.87. The Bertz CT molecular complexity index is 215.